The molecule has 174 valence electrons. The molecule has 0 radical (unpaired) electrons. The van der Waals surface area contributed by atoms with Crippen molar-refractivity contribution in [2.75, 3.05) is 30.8 Å². The Hall–Kier alpha value is -3.32. The van der Waals surface area contributed by atoms with Gasteiger partial charge < -0.3 is 15.4 Å². The highest BCUT2D eigenvalue weighted by atomic mass is 16.6. The molecule has 1 atom stereocenters. The average molecular weight is 449 g/mol. The van der Waals surface area contributed by atoms with E-state index >= 15 is 0 Å². The van der Waals surface area contributed by atoms with Gasteiger partial charge >= 0.3 is 6.09 Å². The topological polar surface area (TPSA) is 75.6 Å². The molecule has 3 aromatic rings. The first kappa shape index (κ1) is 22.9. The molecule has 2 heterocycles. The van der Waals surface area contributed by atoms with Gasteiger partial charge in [0.05, 0.1) is 16.9 Å². The van der Waals surface area contributed by atoms with Gasteiger partial charge in [-0.2, -0.15) is 0 Å². The maximum atomic E-state index is 12.8. The third kappa shape index (κ3) is 5.03. The normalized spacial score (nSPS) is 16.7. The highest BCUT2D eigenvalue weighted by Gasteiger charge is 2.26. The zero-order valence-electron chi connectivity index (χ0n) is 19.7. The number of hydrogen-bond donors (Lipinski definition) is 2. The zero-order chi connectivity index (χ0) is 23.6. The largest absolute Gasteiger partial charge is 0.443 e. The third-order valence-electron chi connectivity index (χ3n) is 6.05. The van der Waals surface area contributed by atoms with E-state index in [4.69, 9.17) is 4.74 Å². The molecule has 1 saturated heterocycles. The highest BCUT2D eigenvalue weighted by molar-refractivity contribution is 5.92. The molecule has 0 saturated carbocycles. The lowest BCUT2D eigenvalue weighted by Crippen LogP contribution is -2.26. The summed E-state index contributed by atoms with van der Waals surface area (Å²) in [6.45, 7) is 8.33. The first-order valence-electron chi connectivity index (χ1n) is 11.4. The van der Waals surface area contributed by atoms with Crippen LogP contribution in [0.3, 0.4) is 0 Å². The van der Waals surface area contributed by atoms with Crippen LogP contribution < -0.4 is 10.6 Å². The lowest BCUT2D eigenvalue weighted by Gasteiger charge is -2.19. The van der Waals surface area contributed by atoms with Gasteiger partial charge in [0.2, 0.25) is 6.41 Å². The van der Waals surface area contributed by atoms with Crippen LogP contribution in [-0.2, 0) is 16.1 Å². The van der Waals surface area contributed by atoms with Gasteiger partial charge in [-0.3, -0.25) is 14.3 Å². The highest BCUT2D eigenvalue weighted by Crippen LogP contribution is 2.33. The molecule has 4 rings (SSSR count). The number of aromatic nitrogens is 1. The van der Waals surface area contributed by atoms with E-state index in [9.17, 15) is 9.59 Å². The minimum Gasteiger partial charge on any atom is -0.443 e. The van der Waals surface area contributed by atoms with Crippen molar-refractivity contribution in [3.05, 3.63) is 59.8 Å². The van der Waals surface area contributed by atoms with Crippen LogP contribution in [0.25, 0.3) is 10.9 Å². The second-order valence-electron chi connectivity index (χ2n) is 9.56. The van der Waals surface area contributed by atoms with E-state index in [1.54, 1.807) is 4.57 Å². The summed E-state index contributed by atoms with van der Waals surface area (Å²) in [5.41, 5.74) is 4.40. The molecule has 0 spiro atoms. The van der Waals surface area contributed by atoms with Crippen molar-refractivity contribution in [1.29, 1.82) is 0 Å². The Labute approximate surface area is 194 Å². The van der Waals surface area contributed by atoms with Crippen molar-refractivity contribution in [3.8, 4) is 0 Å². The number of anilines is 2. The molecule has 2 aromatic carbocycles. The van der Waals surface area contributed by atoms with Crippen LogP contribution in [0.2, 0.25) is 0 Å². The van der Waals surface area contributed by atoms with Crippen molar-refractivity contribution >= 4 is 34.8 Å². The number of nitrogens with one attached hydrogen (secondary N) is 2. The summed E-state index contributed by atoms with van der Waals surface area (Å²) in [6, 6.07) is 14.1. The fourth-order valence-corrected chi connectivity index (χ4v) is 4.54. The molecule has 1 amide bonds. The number of fused-ring (bicyclic) bond motifs is 1. The number of para-hydroxylation sites is 1. The second-order valence-corrected chi connectivity index (χ2v) is 9.56. The molecule has 1 aromatic heterocycles. The third-order valence-corrected chi connectivity index (χ3v) is 6.05. The van der Waals surface area contributed by atoms with Gasteiger partial charge in [-0.25, -0.2) is 4.79 Å². The Kier molecular flexibility index (Phi) is 6.42. The van der Waals surface area contributed by atoms with Crippen LogP contribution in [0.4, 0.5) is 16.2 Å². The summed E-state index contributed by atoms with van der Waals surface area (Å²) in [7, 11) is 1.86. The lowest BCUT2D eigenvalue weighted by molar-refractivity contribution is -0.105. The molecule has 0 bridgehead atoms. The van der Waals surface area contributed by atoms with Crippen LogP contribution in [0.5, 0.6) is 0 Å². The maximum Gasteiger partial charge on any atom is 0.419 e. The Bertz CT molecular complexity index is 1160. The van der Waals surface area contributed by atoms with Gasteiger partial charge in [0.1, 0.15) is 5.60 Å². The van der Waals surface area contributed by atoms with E-state index < -0.39 is 5.60 Å². The number of hydrogen-bond acceptors (Lipinski definition) is 5. The summed E-state index contributed by atoms with van der Waals surface area (Å²) < 4.78 is 7.24. The van der Waals surface area contributed by atoms with Crippen LogP contribution in [0.1, 0.15) is 44.2 Å². The van der Waals surface area contributed by atoms with Gasteiger partial charge in [0, 0.05) is 31.7 Å². The van der Waals surface area contributed by atoms with Gasteiger partial charge in [0.25, 0.3) is 0 Å². The van der Waals surface area contributed by atoms with Gasteiger partial charge in [0.15, 0.2) is 0 Å². The Morgan fingerprint density at radius 3 is 2.70 bits per heavy atom. The Morgan fingerprint density at radius 1 is 1.18 bits per heavy atom. The number of nitrogens with zero attached hydrogens (tertiary/aromatic N) is 2. The van der Waals surface area contributed by atoms with E-state index in [2.05, 4.69) is 33.7 Å². The number of ether oxygens (including phenoxy) is 1. The predicted molar refractivity (Wildman–Crippen MR) is 132 cm³/mol. The fourth-order valence-electron chi connectivity index (χ4n) is 4.54. The summed E-state index contributed by atoms with van der Waals surface area (Å²) in [6.07, 6.45) is 3.33. The molecule has 7 heteroatoms. The summed E-state index contributed by atoms with van der Waals surface area (Å²) >= 11 is 0. The van der Waals surface area contributed by atoms with E-state index in [1.807, 2.05) is 58.3 Å². The van der Waals surface area contributed by atoms with Crippen LogP contribution in [0, 0.1) is 0 Å². The monoisotopic (exact) mass is 448 g/mol. The fraction of sp³-hybridized carbons (Fsp3) is 0.385. The van der Waals surface area contributed by atoms with E-state index in [1.165, 1.54) is 5.56 Å². The number of amides is 1. The molecular weight excluding hydrogens is 416 g/mol. The molecule has 33 heavy (non-hydrogen) atoms. The minimum atomic E-state index is -0.548. The number of benzene rings is 2. The molecule has 0 aliphatic carbocycles. The molecular formula is C26H32N4O3. The quantitative estimate of drug-likeness (QED) is 0.518. The molecule has 1 aliphatic rings. The smallest absolute Gasteiger partial charge is 0.419 e. The number of carbonyl (C=O) groups excluding carboxylic acids is 2. The van der Waals surface area contributed by atoms with Gasteiger partial charge in [-0.15, -0.1) is 0 Å². The number of likely N-dealkylation sites (tertiary alicyclic amines) is 1. The number of rotatable bonds is 6. The second kappa shape index (κ2) is 9.27. The summed E-state index contributed by atoms with van der Waals surface area (Å²) in [4.78, 5) is 26.1. The molecule has 7 nitrogen and oxygen atoms in total. The van der Waals surface area contributed by atoms with E-state index in [0.717, 1.165) is 53.9 Å². The lowest BCUT2D eigenvalue weighted by atomic mass is 9.97. The predicted octanol–water partition coefficient (Wildman–Crippen LogP) is 5.02. The Morgan fingerprint density at radius 2 is 1.97 bits per heavy atom. The molecule has 1 unspecified atom stereocenters. The first-order chi connectivity index (χ1) is 15.8. The summed E-state index contributed by atoms with van der Waals surface area (Å²) in [5, 5.41) is 6.98. The minimum absolute atomic E-state index is 0.354. The standard InChI is InChI=1S/C26H32N4O3/c1-26(2,3)33-25(32)30-16-20(21-7-5-6-8-24(21)30)15-29-12-11-19(14-29)18-9-10-22(28-17-31)23(13-18)27-4/h5-10,13,16-17,19,27H,11-12,14-15H2,1-4H3,(H,28,31). The molecule has 1 aliphatic heterocycles. The van der Waals surface area contributed by atoms with Crippen LogP contribution in [-0.4, -0.2) is 47.7 Å². The molecule has 1 fully saturated rings. The SMILES string of the molecule is CNc1cc(C2CCN(Cc3cn(C(=O)OC(C)(C)C)c4ccccc34)C2)ccc1NC=O. The van der Waals surface area contributed by atoms with Gasteiger partial charge in [-0.05, 0) is 69.0 Å². The van der Waals surface area contributed by atoms with Crippen molar-refractivity contribution in [2.45, 2.75) is 45.3 Å². The van der Waals surface area contributed by atoms with Crippen molar-refractivity contribution in [3.63, 3.8) is 0 Å². The van der Waals surface area contributed by atoms with Crippen LogP contribution >= 0.6 is 0 Å². The van der Waals surface area contributed by atoms with Crippen molar-refractivity contribution in [1.82, 2.24) is 9.47 Å². The maximum absolute atomic E-state index is 12.8. The van der Waals surface area contributed by atoms with E-state index in [-0.39, 0.29) is 6.09 Å². The number of carbonyl (C=O) groups is 2. The van der Waals surface area contributed by atoms with Gasteiger partial charge in [-0.1, -0.05) is 24.3 Å². The van der Waals surface area contributed by atoms with Crippen molar-refractivity contribution in [2.24, 2.45) is 0 Å². The molecule has 2 N–H and O–H groups in total. The summed E-state index contributed by atoms with van der Waals surface area (Å²) in [5.74, 6) is 0.418. The zero-order valence-corrected chi connectivity index (χ0v) is 19.7. The van der Waals surface area contributed by atoms with Crippen molar-refractivity contribution < 1.29 is 14.3 Å². The van der Waals surface area contributed by atoms with E-state index in [0.29, 0.717) is 12.3 Å². The van der Waals surface area contributed by atoms with Crippen LogP contribution in [0.15, 0.2) is 48.7 Å². The first-order valence-corrected chi connectivity index (χ1v) is 11.4. The average Bonchev–Trinajstić information content (AvgIpc) is 3.39. The Balaban J connectivity index is 1.52.